The van der Waals surface area contributed by atoms with Crippen molar-refractivity contribution in [3.05, 3.63) is 0 Å². The molecule has 0 saturated heterocycles. The van der Waals surface area contributed by atoms with E-state index in [1.807, 2.05) is 41.5 Å². The van der Waals surface area contributed by atoms with Gasteiger partial charge in [0.25, 0.3) is 0 Å². The van der Waals surface area contributed by atoms with Gasteiger partial charge in [-0.3, -0.25) is 19.2 Å². The normalized spacial score (nSPS) is 18.7. The van der Waals surface area contributed by atoms with Gasteiger partial charge in [0, 0.05) is 17.3 Å². The van der Waals surface area contributed by atoms with Crippen LogP contribution in [-0.2, 0) is 19.2 Å². The third-order valence-electron chi connectivity index (χ3n) is 4.04. The lowest BCUT2D eigenvalue weighted by Gasteiger charge is -2.20. The summed E-state index contributed by atoms with van der Waals surface area (Å²) in [5.74, 6) is -0.0166. The summed E-state index contributed by atoms with van der Waals surface area (Å²) in [4.78, 5) is 44.8. The Kier molecular flexibility index (Phi) is 8.02. The first-order valence-electron chi connectivity index (χ1n) is 8.36. The Morgan fingerprint density at radius 2 is 1.35 bits per heavy atom. The Morgan fingerprint density at radius 3 is 1.61 bits per heavy atom. The molecule has 0 aromatic rings. The molecule has 0 N–H and O–H groups in total. The van der Waals surface area contributed by atoms with Gasteiger partial charge in [-0.1, -0.05) is 48.0 Å². The van der Waals surface area contributed by atoms with E-state index in [1.165, 1.54) is 6.92 Å². The van der Waals surface area contributed by atoms with Gasteiger partial charge in [0.05, 0.1) is 12.3 Å². The largest absolute Gasteiger partial charge is 0.299 e. The molecule has 132 valence electrons. The summed E-state index contributed by atoms with van der Waals surface area (Å²) < 4.78 is 0. The van der Waals surface area contributed by atoms with Crippen molar-refractivity contribution in [3.8, 4) is 0 Å². The fourth-order valence-corrected chi connectivity index (χ4v) is 2.09. The summed E-state index contributed by atoms with van der Waals surface area (Å²) in [7, 11) is 0. The zero-order valence-electron chi connectivity index (χ0n) is 15.7. The molecule has 1 aliphatic rings. The lowest BCUT2D eigenvalue weighted by Crippen LogP contribution is -2.28. The SMILES string of the molecule is CC(=O)C1CCCCC1=O.CC(C)(C)C(=O)CC(=O)C(C)(C)C. The highest BCUT2D eigenvalue weighted by Crippen LogP contribution is 2.22. The van der Waals surface area contributed by atoms with Gasteiger partial charge in [-0.15, -0.1) is 0 Å². The average molecular weight is 324 g/mol. The monoisotopic (exact) mass is 324 g/mol. The summed E-state index contributed by atoms with van der Waals surface area (Å²) in [6, 6.07) is 0. The number of rotatable bonds is 3. The maximum atomic E-state index is 11.5. The maximum Gasteiger partial charge on any atom is 0.145 e. The third kappa shape index (κ3) is 8.19. The number of hydrogen-bond acceptors (Lipinski definition) is 4. The van der Waals surface area contributed by atoms with Crippen LogP contribution in [0.5, 0.6) is 0 Å². The van der Waals surface area contributed by atoms with Crippen LogP contribution >= 0.6 is 0 Å². The first-order chi connectivity index (χ1) is 10.3. The van der Waals surface area contributed by atoms with Crippen molar-refractivity contribution in [2.45, 2.75) is 80.6 Å². The molecule has 0 bridgehead atoms. The zero-order chi connectivity index (χ0) is 18.4. The predicted molar refractivity (Wildman–Crippen MR) is 91.2 cm³/mol. The summed E-state index contributed by atoms with van der Waals surface area (Å²) >= 11 is 0. The van der Waals surface area contributed by atoms with E-state index in [9.17, 15) is 19.2 Å². The Hall–Kier alpha value is -1.32. The molecule has 1 aliphatic carbocycles. The van der Waals surface area contributed by atoms with Crippen LogP contribution in [0.15, 0.2) is 0 Å². The number of Topliss-reactive ketones (excluding diaryl/α,β-unsaturated/α-hetero) is 4. The van der Waals surface area contributed by atoms with E-state index < -0.39 is 10.8 Å². The molecular weight excluding hydrogens is 292 g/mol. The minimum absolute atomic E-state index is 0.0208. The molecule has 23 heavy (non-hydrogen) atoms. The molecule has 1 atom stereocenters. The van der Waals surface area contributed by atoms with Crippen LogP contribution in [0, 0.1) is 16.7 Å². The van der Waals surface area contributed by atoms with Gasteiger partial charge in [0.1, 0.15) is 23.1 Å². The van der Waals surface area contributed by atoms with Crippen LogP contribution < -0.4 is 0 Å². The zero-order valence-corrected chi connectivity index (χ0v) is 15.7. The van der Waals surface area contributed by atoms with Gasteiger partial charge >= 0.3 is 0 Å². The average Bonchev–Trinajstić information content (AvgIpc) is 2.37. The molecule has 0 aromatic heterocycles. The van der Waals surface area contributed by atoms with Crippen molar-refractivity contribution in [2.24, 2.45) is 16.7 Å². The van der Waals surface area contributed by atoms with Crippen LogP contribution in [-0.4, -0.2) is 23.1 Å². The van der Waals surface area contributed by atoms with Crippen LogP contribution in [0.1, 0.15) is 80.6 Å². The van der Waals surface area contributed by atoms with Crippen molar-refractivity contribution < 1.29 is 19.2 Å². The van der Waals surface area contributed by atoms with E-state index in [1.54, 1.807) is 0 Å². The summed E-state index contributed by atoms with van der Waals surface area (Å²) in [5.41, 5.74) is -0.804. The van der Waals surface area contributed by atoms with Gasteiger partial charge in [-0.25, -0.2) is 0 Å². The first kappa shape index (κ1) is 21.7. The van der Waals surface area contributed by atoms with Crippen molar-refractivity contribution in [1.82, 2.24) is 0 Å². The van der Waals surface area contributed by atoms with Gasteiger partial charge in [-0.2, -0.15) is 0 Å². The number of ketones is 4. The van der Waals surface area contributed by atoms with Crippen LogP contribution in [0.2, 0.25) is 0 Å². The molecule has 0 amide bonds. The molecule has 4 heteroatoms. The Labute approximate surface area is 140 Å². The fourth-order valence-electron chi connectivity index (χ4n) is 2.09. The van der Waals surface area contributed by atoms with Crippen LogP contribution in [0.3, 0.4) is 0 Å². The molecule has 1 fully saturated rings. The number of carbonyl (C=O) groups is 4. The maximum absolute atomic E-state index is 11.5. The van der Waals surface area contributed by atoms with E-state index >= 15 is 0 Å². The number of carbonyl (C=O) groups excluding carboxylic acids is 4. The highest BCUT2D eigenvalue weighted by Gasteiger charge is 2.29. The molecule has 0 radical (unpaired) electrons. The van der Waals surface area contributed by atoms with E-state index in [0.717, 1.165) is 19.3 Å². The summed E-state index contributed by atoms with van der Waals surface area (Å²) in [6.45, 7) is 12.5. The highest BCUT2D eigenvalue weighted by molar-refractivity contribution is 6.03. The van der Waals surface area contributed by atoms with E-state index in [4.69, 9.17) is 0 Å². The molecule has 0 aromatic carbocycles. The molecular formula is C19H32O4. The van der Waals surface area contributed by atoms with Gasteiger partial charge in [0.15, 0.2) is 0 Å². The second kappa shape index (κ2) is 8.51. The van der Waals surface area contributed by atoms with Crippen LogP contribution in [0.25, 0.3) is 0 Å². The second-order valence-electron chi connectivity index (χ2n) is 8.40. The van der Waals surface area contributed by atoms with Crippen LogP contribution in [0.4, 0.5) is 0 Å². The first-order valence-corrected chi connectivity index (χ1v) is 8.36. The van der Waals surface area contributed by atoms with Gasteiger partial charge in [0.2, 0.25) is 0 Å². The summed E-state index contributed by atoms with van der Waals surface area (Å²) in [5, 5.41) is 0. The third-order valence-corrected chi connectivity index (χ3v) is 4.04. The molecule has 1 unspecified atom stereocenters. The molecule has 0 aliphatic heterocycles. The van der Waals surface area contributed by atoms with E-state index in [-0.39, 0.29) is 35.5 Å². The Morgan fingerprint density at radius 1 is 0.913 bits per heavy atom. The van der Waals surface area contributed by atoms with E-state index in [2.05, 4.69) is 0 Å². The van der Waals surface area contributed by atoms with Gasteiger partial charge in [-0.05, 0) is 19.8 Å². The van der Waals surface area contributed by atoms with Crippen molar-refractivity contribution >= 4 is 23.1 Å². The molecule has 1 rings (SSSR count). The van der Waals surface area contributed by atoms with E-state index in [0.29, 0.717) is 6.42 Å². The smallest absolute Gasteiger partial charge is 0.145 e. The predicted octanol–water partition coefficient (Wildman–Crippen LogP) is 3.94. The standard InChI is InChI=1S/C11H20O2.C8H12O2/c1-10(2,3)8(12)7-9(13)11(4,5)6;1-6(9)7-4-2-3-5-8(7)10/h7H2,1-6H3;7H,2-5H2,1H3. The lowest BCUT2D eigenvalue weighted by atomic mass is 9.82. The quantitative estimate of drug-likeness (QED) is 0.737. The fraction of sp³-hybridized carbons (Fsp3) is 0.789. The summed E-state index contributed by atoms with van der Waals surface area (Å²) in [6.07, 6.45) is 3.48. The van der Waals surface area contributed by atoms with Crippen molar-refractivity contribution in [2.75, 3.05) is 0 Å². The molecule has 0 spiro atoms. The van der Waals surface area contributed by atoms with Crippen molar-refractivity contribution in [1.29, 1.82) is 0 Å². The topological polar surface area (TPSA) is 68.3 Å². The molecule has 4 nitrogen and oxygen atoms in total. The minimum atomic E-state index is -0.402. The molecule has 1 saturated carbocycles. The minimum Gasteiger partial charge on any atom is -0.299 e. The highest BCUT2D eigenvalue weighted by atomic mass is 16.2. The van der Waals surface area contributed by atoms with Gasteiger partial charge < -0.3 is 0 Å². The number of hydrogen-bond donors (Lipinski definition) is 0. The lowest BCUT2D eigenvalue weighted by molar-refractivity contribution is -0.136. The van der Waals surface area contributed by atoms with Crippen molar-refractivity contribution in [3.63, 3.8) is 0 Å². The Balaban J connectivity index is 0.000000433. The molecule has 0 heterocycles. The Bertz CT molecular complexity index is 437. The second-order valence-corrected chi connectivity index (χ2v) is 8.40.